The number of aliphatic hydroxyl groups is 1. The van der Waals surface area contributed by atoms with E-state index in [1.54, 1.807) is 0 Å². The van der Waals surface area contributed by atoms with Gasteiger partial charge in [-0.05, 0) is 43.0 Å². The van der Waals surface area contributed by atoms with Crippen LogP contribution in [0.25, 0.3) is 11.1 Å². The third-order valence-electron chi connectivity index (χ3n) is 5.84. The summed E-state index contributed by atoms with van der Waals surface area (Å²) < 4.78 is 0. The van der Waals surface area contributed by atoms with E-state index in [4.69, 9.17) is 0 Å². The molecular formula is C19H19N3O2. The van der Waals surface area contributed by atoms with Crippen molar-refractivity contribution in [1.82, 2.24) is 4.98 Å². The van der Waals surface area contributed by atoms with Crippen molar-refractivity contribution in [1.29, 1.82) is 0 Å². The molecule has 1 saturated carbocycles. The molecule has 2 aromatic rings. The molecule has 3 heterocycles. The highest BCUT2D eigenvalue weighted by atomic mass is 16.3. The SMILES string of the molecule is CC[C@]1(O)C(=O)Nc2ccc(-c3cnc4c(c3)C3(CC3)CN4)cc21. The molecule has 5 heteroatoms. The third kappa shape index (κ3) is 1.68. The molecule has 0 bridgehead atoms. The summed E-state index contributed by atoms with van der Waals surface area (Å²) in [7, 11) is 0. The first-order valence-corrected chi connectivity index (χ1v) is 8.49. The summed E-state index contributed by atoms with van der Waals surface area (Å²) in [6, 6.07) is 7.98. The van der Waals surface area contributed by atoms with Gasteiger partial charge in [0.15, 0.2) is 5.60 Å². The topological polar surface area (TPSA) is 74.2 Å². The lowest BCUT2D eigenvalue weighted by atomic mass is 9.90. The first-order chi connectivity index (χ1) is 11.6. The number of amides is 1. The minimum Gasteiger partial charge on any atom is -0.375 e. The van der Waals surface area contributed by atoms with Crippen LogP contribution < -0.4 is 10.6 Å². The van der Waals surface area contributed by atoms with E-state index < -0.39 is 5.60 Å². The van der Waals surface area contributed by atoms with E-state index in [2.05, 4.69) is 21.7 Å². The molecule has 1 spiro atoms. The van der Waals surface area contributed by atoms with Gasteiger partial charge in [0.25, 0.3) is 5.91 Å². The molecule has 1 aromatic heterocycles. The van der Waals surface area contributed by atoms with Gasteiger partial charge in [0.1, 0.15) is 5.82 Å². The van der Waals surface area contributed by atoms with E-state index in [0.717, 1.165) is 23.5 Å². The zero-order valence-electron chi connectivity index (χ0n) is 13.5. The van der Waals surface area contributed by atoms with E-state index >= 15 is 0 Å². The monoisotopic (exact) mass is 321 g/mol. The molecule has 0 unspecified atom stereocenters. The van der Waals surface area contributed by atoms with Gasteiger partial charge < -0.3 is 15.7 Å². The molecule has 0 saturated heterocycles. The number of fused-ring (bicyclic) bond motifs is 3. The van der Waals surface area contributed by atoms with Crippen LogP contribution in [0.3, 0.4) is 0 Å². The van der Waals surface area contributed by atoms with Crippen molar-refractivity contribution in [2.45, 2.75) is 37.2 Å². The number of carbonyl (C=O) groups excluding carboxylic acids is 1. The minimum absolute atomic E-state index is 0.288. The summed E-state index contributed by atoms with van der Waals surface area (Å²) >= 11 is 0. The molecule has 122 valence electrons. The van der Waals surface area contributed by atoms with E-state index in [-0.39, 0.29) is 11.3 Å². The largest absolute Gasteiger partial charge is 0.375 e. The van der Waals surface area contributed by atoms with Crippen molar-refractivity contribution < 1.29 is 9.90 Å². The van der Waals surface area contributed by atoms with Crippen LogP contribution in [0.1, 0.15) is 37.3 Å². The van der Waals surface area contributed by atoms with Gasteiger partial charge in [-0.3, -0.25) is 4.79 Å². The molecule has 1 atom stereocenters. The Balaban J connectivity index is 1.62. The average molecular weight is 321 g/mol. The third-order valence-corrected chi connectivity index (χ3v) is 5.84. The summed E-state index contributed by atoms with van der Waals surface area (Å²) in [5, 5.41) is 16.9. The Kier molecular flexibility index (Phi) is 2.54. The lowest BCUT2D eigenvalue weighted by Crippen LogP contribution is -2.33. The average Bonchev–Trinajstić information content (AvgIpc) is 3.24. The highest BCUT2D eigenvalue weighted by Gasteiger charge is 2.49. The lowest BCUT2D eigenvalue weighted by molar-refractivity contribution is -0.133. The van der Waals surface area contributed by atoms with Crippen LogP contribution >= 0.6 is 0 Å². The number of rotatable bonds is 2. The number of benzene rings is 1. The van der Waals surface area contributed by atoms with Crippen molar-refractivity contribution in [3.05, 3.63) is 41.6 Å². The fourth-order valence-electron chi connectivity index (χ4n) is 3.99. The van der Waals surface area contributed by atoms with Gasteiger partial charge in [-0.2, -0.15) is 0 Å². The molecule has 24 heavy (non-hydrogen) atoms. The molecule has 5 rings (SSSR count). The maximum atomic E-state index is 12.1. The molecular weight excluding hydrogens is 302 g/mol. The van der Waals surface area contributed by atoms with Crippen LogP contribution in [0.2, 0.25) is 0 Å². The predicted molar refractivity (Wildman–Crippen MR) is 91.9 cm³/mol. The first-order valence-electron chi connectivity index (χ1n) is 8.49. The van der Waals surface area contributed by atoms with Crippen LogP contribution in [0.15, 0.2) is 30.5 Å². The Morgan fingerprint density at radius 3 is 2.75 bits per heavy atom. The number of aromatic nitrogens is 1. The fraction of sp³-hybridized carbons (Fsp3) is 0.368. The molecule has 1 amide bonds. The second-order valence-corrected chi connectivity index (χ2v) is 7.18. The van der Waals surface area contributed by atoms with Crippen LogP contribution in [0, 0.1) is 0 Å². The zero-order chi connectivity index (χ0) is 16.5. The summed E-state index contributed by atoms with van der Waals surface area (Å²) in [5.74, 6) is 0.657. The van der Waals surface area contributed by atoms with Crippen molar-refractivity contribution in [3.8, 4) is 11.1 Å². The highest BCUT2D eigenvalue weighted by molar-refractivity contribution is 6.05. The minimum atomic E-state index is -1.44. The molecule has 5 nitrogen and oxygen atoms in total. The lowest BCUT2D eigenvalue weighted by Gasteiger charge is -2.19. The van der Waals surface area contributed by atoms with Crippen LogP contribution in [-0.4, -0.2) is 22.5 Å². The summed E-state index contributed by atoms with van der Waals surface area (Å²) in [4.78, 5) is 16.7. The molecule has 1 aliphatic carbocycles. The van der Waals surface area contributed by atoms with Gasteiger partial charge in [-0.25, -0.2) is 4.98 Å². The van der Waals surface area contributed by atoms with Crippen molar-refractivity contribution in [3.63, 3.8) is 0 Å². The van der Waals surface area contributed by atoms with Gasteiger partial charge in [-0.15, -0.1) is 0 Å². The number of anilines is 2. The van der Waals surface area contributed by atoms with Gasteiger partial charge in [0.05, 0.1) is 0 Å². The van der Waals surface area contributed by atoms with E-state index in [0.29, 0.717) is 17.7 Å². The molecule has 3 aliphatic rings. The maximum absolute atomic E-state index is 12.1. The molecule has 1 aromatic carbocycles. The zero-order valence-corrected chi connectivity index (χ0v) is 13.5. The maximum Gasteiger partial charge on any atom is 0.261 e. The van der Waals surface area contributed by atoms with Crippen molar-refractivity contribution >= 4 is 17.4 Å². The van der Waals surface area contributed by atoms with Crippen LogP contribution in [-0.2, 0) is 15.8 Å². The standard InChI is InChI=1S/C19H19N3O2/c1-2-19(24)13-7-11(3-4-15(13)22-17(19)23)12-8-14-16(20-9-12)21-10-18(14)5-6-18/h3-4,7-9,24H,2,5-6,10H2,1H3,(H,20,21)(H,22,23)/t19-/m1/s1. The van der Waals surface area contributed by atoms with Crippen LogP contribution in [0.4, 0.5) is 11.5 Å². The smallest absolute Gasteiger partial charge is 0.261 e. The Morgan fingerprint density at radius 2 is 2.00 bits per heavy atom. The Labute approximate surface area is 140 Å². The fourth-order valence-corrected chi connectivity index (χ4v) is 3.99. The van der Waals surface area contributed by atoms with Gasteiger partial charge in [-0.1, -0.05) is 13.0 Å². The van der Waals surface area contributed by atoms with Gasteiger partial charge >= 0.3 is 0 Å². The molecule has 1 fully saturated rings. The Morgan fingerprint density at radius 1 is 1.21 bits per heavy atom. The second-order valence-electron chi connectivity index (χ2n) is 7.18. The quantitative estimate of drug-likeness (QED) is 0.795. The van der Waals surface area contributed by atoms with E-state index in [9.17, 15) is 9.90 Å². The second kappa shape index (κ2) is 4.36. The molecule has 2 aliphatic heterocycles. The van der Waals surface area contributed by atoms with Gasteiger partial charge in [0, 0.05) is 40.5 Å². The van der Waals surface area contributed by atoms with Gasteiger partial charge in [0.2, 0.25) is 0 Å². The summed E-state index contributed by atoms with van der Waals surface area (Å²) in [6.45, 7) is 2.80. The molecule has 3 N–H and O–H groups in total. The Hall–Kier alpha value is -2.40. The number of nitrogens with zero attached hydrogens (tertiary/aromatic N) is 1. The normalized spacial score (nSPS) is 25.2. The number of hydrogen-bond acceptors (Lipinski definition) is 4. The van der Waals surface area contributed by atoms with E-state index in [1.807, 2.05) is 31.3 Å². The predicted octanol–water partition coefficient (Wildman–Crippen LogP) is 2.76. The highest BCUT2D eigenvalue weighted by Crippen LogP contribution is 2.54. The van der Waals surface area contributed by atoms with Crippen LogP contribution in [0.5, 0.6) is 0 Å². The molecule has 0 radical (unpaired) electrons. The van der Waals surface area contributed by atoms with E-state index in [1.165, 1.54) is 18.4 Å². The summed E-state index contributed by atoms with van der Waals surface area (Å²) in [6.07, 6.45) is 4.65. The number of hydrogen-bond donors (Lipinski definition) is 3. The van der Waals surface area contributed by atoms with Crippen molar-refractivity contribution in [2.24, 2.45) is 0 Å². The first kappa shape index (κ1) is 14.0. The number of nitrogens with one attached hydrogen (secondary N) is 2. The summed E-state index contributed by atoms with van der Waals surface area (Å²) in [5.41, 5.74) is 3.53. The number of carbonyl (C=O) groups is 1. The van der Waals surface area contributed by atoms with Crippen molar-refractivity contribution in [2.75, 3.05) is 17.2 Å². The Bertz CT molecular complexity index is 888. The number of pyridine rings is 1.